The quantitative estimate of drug-likeness (QED) is 0.0453. The number of ether oxygens (including phenoxy) is 2. The van der Waals surface area contributed by atoms with Gasteiger partial charge in [0.25, 0.3) is 5.91 Å². The molecule has 2 saturated heterocycles. The summed E-state index contributed by atoms with van der Waals surface area (Å²) < 4.78 is 11.4. The van der Waals surface area contributed by atoms with E-state index in [2.05, 4.69) is 41.6 Å². The zero-order valence-electron chi connectivity index (χ0n) is 35.9. The molecule has 334 valence electrons. The van der Waals surface area contributed by atoms with E-state index in [0.717, 1.165) is 22.5 Å². The number of carboxylic acid groups (broad SMARTS) is 1. The topological polar surface area (TPSA) is 241 Å². The number of esters is 1. The molecule has 2 aromatic heterocycles. The summed E-state index contributed by atoms with van der Waals surface area (Å²) in [6.45, 7) is 12.8. The number of carbonyl (C=O) groups excluding carboxylic acids is 4. The lowest BCUT2D eigenvalue weighted by atomic mass is 9.72. The first-order chi connectivity index (χ1) is 29.9. The molecule has 0 spiro atoms. The van der Waals surface area contributed by atoms with E-state index in [1.807, 2.05) is 81.4 Å². The van der Waals surface area contributed by atoms with E-state index in [0.29, 0.717) is 25.3 Å². The molecular formula is C43H52N10O9S. The summed E-state index contributed by atoms with van der Waals surface area (Å²) in [6, 6.07) is 16.8. The van der Waals surface area contributed by atoms with Gasteiger partial charge < -0.3 is 40.3 Å². The molecule has 4 atom stereocenters. The minimum Gasteiger partial charge on any atom is -0.465 e. The Morgan fingerprint density at radius 1 is 1.02 bits per heavy atom. The minimum atomic E-state index is -1.49. The average Bonchev–Trinajstić information content (AvgIpc) is 3.64. The van der Waals surface area contributed by atoms with E-state index in [-0.39, 0.29) is 53.3 Å². The van der Waals surface area contributed by atoms with Gasteiger partial charge in [0.15, 0.2) is 16.9 Å². The van der Waals surface area contributed by atoms with Crippen LogP contribution in [0.25, 0.3) is 0 Å². The van der Waals surface area contributed by atoms with Crippen molar-refractivity contribution < 1.29 is 43.4 Å². The first-order valence-electron chi connectivity index (χ1n) is 20.6. The highest BCUT2D eigenvalue weighted by atomic mass is 32.1. The Labute approximate surface area is 367 Å². The maximum absolute atomic E-state index is 14.1. The van der Waals surface area contributed by atoms with Crippen molar-refractivity contribution in [3.05, 3.63) is 94.8 Å². The molecule has 4 heterocycles. The van der Waals surface area contributed by atoms with Crippen LogP contribution in [0, 0.1) is 11.3 Å². The van der Waals surface area contributed by atoms with Crippen molar-refractivity contribution in [3.63, 3.8) is 0 Å². The second-order valence-corrected chi connectivity index (χ2v) is 18.7. The third-order valence-corrected chi connectivity index (χ3v) is 11.4. The molecule has 7 rings (SSSR count). The molecule has 3 fully saturated rings. The van der Waals surface area contributed by atoms with Gasteiger partial charge in [-0.1, -0.05) is 86.6 Å². The van der Waals surface area contributed by atoms with Gasteiger partial charge in [0.05, 0.1) is 24.5 Å². The molecule has 1 saturated carbocycles. The zero-order valence-corrected chi connectivity index (χ0v) is 36.7. The Morgan fingerprint density at radius 2 is 1.68 bits per heavy atom. The Balaban J connectivity index is 1.02. The molecule has 20 heteroatoms. The summed E-state index contributed by atoms with van der Waals surface area (Å²) in [5, 5.41) is 35.6. The van der Waals surface area contributed by atoms with Crippen LogP contribution in [-0.2, 0) is 41.8 Å². The molecular weight excluding hydrogens is 833 g/mol. The van der Waals surface area contributed by atoms with Crippen molar-refractivity contribution in [2.75, 3.05) is 18.4 Å². The van der Waals surface area contributed by atoms with E-state index >= 15 is 0 Å². The summed E-state index contributed by atoms with van der Waals surface area (Å²) in [4.78, 5) is 78.2. The summed E-state index contributed by atoms with van der Waals surface area (Å²) in [5.41, 5.74) is -0.666. The van der Waals surface area contributed by atoms with Gasteiger partial charge in [-0.2, -0.15) is 15.0 Å². The van der Waals surface area contributed by atoms with Gasteiger partial charge in [-0.3, -0.25) is 14.9 Å². The van der Waals surface area contributed by atoms with Crippen LogP contribution in [-0.4, -0.2) is 108 Å². The number of amides is 4. The number of aromatic nitrogens is 4. The molecule has 1 aliphatic carbocycles. The molecule has 0 radical (unpaired) electrons. The van der Waals surface area contributed by atoms with Gasteiger partial charge in [0.2, 0.25) is 11.5 Å². The van der Waals surface area contributed by atoms with Crippen molar-refractivity contribution >= 4 is 52.2 Å². The standard InChI is InChI=1S/C43H52N10O9S/c1-41(2,3)34-27(22-52(34)40(58)59)19-44-20-28-21-45-53(50-28)23-29-31(35(54)46-29)48-36(55)32(30-24-63-38(47-30)49-39(57)61-42(4,5)6)51-62-43(17-18-43)37(56)60-33(25-13-9-7-10-14-25)26-15-11-8-12-16-26/h7-16,21,24,27,29,31,33-34,44H,17-20,22-23H2,1-6H3,(H,46,54)(H,48,55)(H,58,59)(H,47,49,57)/b51-32-/t27?,29-,31+,34?/m1/s1. The Hall–Kier alpha value is -6.41. The van der Waals surface area contributed by atoms with Crippen LogP contribution >= 0.6 is 11.3 Å². The van der Waals surface area contributed by atoms with Crippen LogP contribution in [0.4, 0.5) is 14.7 Å². The number of benzene rings is 2. The van der Waals surface area contributed by atoms with Gasteiger partial charge in [-0.25, -0.2) is 19.4 Å². The maximum atomic E-state index is 14.1. The fraction of sp³-hybridized carbons (Fsp3) is 0.465. The van der Waals surface area contributed by atoms with Gasteiger partial charge in [-0.15, -0.1) is 11.3 Å². The van der Waals surface area contributed by atoms with Crippen LogP contribution in [0.1, 0.15) is 83.0 Å². The van der Waals surface area contributed by atoms with Crippen molar-refractivity contribution in [2.24, 2.45) is 16.5 Å². The van der Waals surface area contributed by atoms with E-state index in [1.165, 1.54) is 15.1 Å². The Morgan fingerprint density at radius 3 is 2.27 bits per heavy atom. The van der Waals surface area contributed by atoms with E-state index in [9.17, 15) is 29.1 Å². The van der Waals surface area contributed by atoms with Crippen LogP contribution in [0.3, 0.4) is 0 Å². The summed E-state index contributed by atoms with van der Waals surface area (Å²) in [6.07, 6.45) is -0.278. The molecule has 2 aromatic carbocycles. The Kier molecular flexibility index (Phi) is 12.8. The number of oxime groups is 1. The lowest BCUT2D eigenvalue weighted by molar-refractivity contribution is -0.164. The molecule has 4 aromatic rings. The zero-order chi connectivity index (χ0) is 45.1. The molecule has 2 unspecified atom stereocenters. The molecule has 2 aliphatic heterocycles. The molecule has 4 amide bonds. The summed E-state index contributed by atoms with van der Waals surface area (Å²) >= 11 is 1.01. The highest BCUT2D eigenvalue weighted by Crippen LogP contribution is 2.43. The van der Waals surface area contributed by atoms with Crippen molar-refractivity contribution in [3.8, 4) is 0 Å². The lowest BCUT2D eigenvalue weighted by Crippen LogP contribution is -2.70. The molecule has 19 nitrogen and oxygen atoms in total. The number of carbonyl (C=O) groups is 5. The SMILES string of the molecule is CC(C)(C)OC(=O)Nc1nc(/C(=N/OC2(C(=O)OC(c3ccccc3)c3ccccc3)CC2)C(=O)N[C@@H]2C(=O)N[C@@H]2Cn2ncc(CNCC3CN(C(=O)O)C3C(C)(C)C)n2)cs1. The monoisotopic (exact) mass is 884 g/mol. The van der Waals surface area contributed by atoms with Crippen LogP contribution in [0.2, 0.25) is 0 Å². The molecule has 63 heavy (non-hydrogen) atoms. The number of rotatable bonds is 16. The van der Waals surface area contributed by atoms with Gasteiger partial charge in [0.1, 0.15) is 17.3 Å². The fourth-order valence-electron chi connectivity index (χ4n) is 7.58. The number of likely N-dealkylation sites (tertiary alicyclic amines) is 1. The first kappa shape index (κ1) is 44.6. The predicted molar refractivity (Wildman–Crippen MR) is 229 cm³/mol. The summed E-state index contributed by atoms with van der Waals surface area (Å²) in [5.74, 6) is -1.80. The lowest BCUT2D eigenvalue weighted by Gasteiger charge is -2.53. The van der Waals surface area contributed by atoms with Gasteiger partial charge in [0, 0.05) is 49.8 Å². The number of nitrogens with one attached hydrogen (secondary N) is 4. The van der Waals surface area contributed by atoms with E-state index < -0.39 is 59.4 Å². The maximum Gasteiger partial charge on any atom is 0.413 e. The molecule has 0 bridgehead atoms. The van der Waals surface area contributed by atoms with Crippen molar-refractivity contribution in [2.45, 2.75) is 103 Å². The van der Waals surface area contributed by atoms with Crippen LogP contribution in [0.5, 0.6) is 0 Å². The molecule has 5 N–H and O–H groups in total. The number of nitrogens with zero attached hydrogens (tertiary/aromatic N) is 6. The number of anilines is 1. The average molecular weight is 885 g/mol. The van der Waals surface area contributed by atoms with Crippen molar-refractivity contribution in [1.29, 1.82) is 0 Å². The van der Waals surface area contributed by atoms with E-state index in [4.69, 9.17) is 14.3 Å². The van der Waals surface area contributed by atoms with Crippen LogP contribution < -0.4 is 21.3 Å². The minimum absolute atomic E-state index is 0.00716. The number of hydrogen-bond acceptors (Lipinski definition) is 14. The van der Waals surface area contributed by atoms with E-state index in [1.54, 1.807) is 27.0 Å². The van der Waals surface area contributed by atoms with Gasteiger partial charge in [-0.05, 0) is 37.3 Å². The first-order valence-corrected chi connectivity index (χ1v) is 21.5. The number of thiazole rings is 1. The smallest absolute Gasteiger partial charge is 0.413 e. The third kappa shape index (κ3) is 10.8. The number of β-lactam (4-membered cyclic amide) rings is 1. The van der Waals surface area contributed by atoms with Crippen LogP contribution in [0.15, 0.2) is 77.4 Å². The molecule has 3 aliphatic rings. The largest absolute Gasteiger partial charge is 0.465 e. The normalized spacial score (nSPS) is 20.5. The summed E-state index contributed by atoms with van der Waals surface area (Å²) in [7, 11) is 0. The highest BCUT2D eigenvalue weighted by Gasteiger charge is 2.57. The number of hydrogen-bond donors (Lipinski definition) is 5. The fourth-order valence-corrected chi connectivity index (χ4v) is 8.26. The second-order valence-electron chi connectivity index (χ2n) is 17.9. The Bertz CT molecular complexity index is 2300. The predicted octanol–water partition coefficient (Wildman–Crippen LogP) is 4.47. The van der Waals surface area contributed by atoms with Crippen molar-refractivity contribution in [1.82, 2.24) is 40.8 Å². The second kappa shape index (κ2) is 18.1. The highest BCUT2D eigenvalue weighted by molar-refractivity contribution is 7.14. The third-order valence-electron chi connectivity index (χ3n) is 10.7. The van der Waals surface area contributed by atoms with Gasteiger partial charge >= 0.3 is 18.2 Å².